The lowest BCUT2D eigenvalue weighted by Crippen LogP contribution is -2.35. The highest BCUT2D eigenvalue weighted by Gasteiger charge is 2.35. The van der Waals surface area contributed by atoms with Crippen LogP contribution in [0.5, 0.6) is 0 Å². The molecular weight excluding hydrogens is 384 g/mol. The quantitative estimate of drug-likeness (QED) is 0.712. The third-order valence-corrected chi connectivity index (χ3v) is 8.25. The van der Waals surface area contributed by atoms with Crippen molar-refractivity contribution in [3.05, 3.63) is 64.7 Å². The zero-order valence-corrected chi connectivity index (χ0v) is 17.3. The Kier molecular flexibility index (Phi) is 4.37. The summed E-state index contributed by atoms with van der Waals surface area (Å²) in [5.74, 6) is -0.0154. The third-order valence-electron chi connectivity index (χ3n) is 6.41. The van der Waals surface area contributed by atoms with Crippen molar-refractivity contribution in [2.24, 2.45) is 0 Å². The number of anilines is 1. The van der Waals surface area contributed by atoms with Gasteiger partial charge in [0.1, 0.15) is 0 Å². The van der Waals surface area contributed by atoms with Crippen molar-refractivity contribution in [2.45, 2.75) is 43.5 Å². The summed E-state index contributed by atoms with van der Waals surface area (Å²) in [4.78, 5) is 14.8. The molecular formula is C23H24N2O3S. The van der Waals surface area contributed by atoms with Gasteiger partial charge < -0.3 is 4.90 Å². The van der Waals surface area contributed by atoms with E-state index in [1.807, 2.05) is 18.2 Å². The standard InChI is InChI=1S/C23H24N2O3S/c1-24-21-11-10-19(14-20(21)22(23(24)26)17-7-3-4-8-17)29(27,28)25-13-12-16-6-2-5-9-18(16)15-25/h2,5-6,9-11,14H,3-4,7-8,12-13,15H2,1H3. The minimum absolute atomic E-state index is 0.0154. The minimum Gasteiger partial charge on any atom is -0.311 e. The van der Waals surface area contributed by atoms with Crippen LogP contribution < -0.4 is 4.90 Å². The van der Waals surface area contributed by atoms with Gasteiger partial charge in [-0.1, -0.05) is 29.8 Å². The van der Waals surface area contributed by atoms with E-state index in [2.05, 4.69) is 6.07 Å². The van der Waals surface area contributed by atoms with Crippen LogP contribution >= 0.6 is 0 Å². The zero-order valence-electron chi connectivity index (χ0n) is 16.5. The normalized spacial score (nSPS) is 19.6. The van der Waals surface area contributed by atoms with E-state index in [0.717, 1.165) is 54.5 Å². The van der Waals surface area contributed by atoms with E-state index in [9.17, 15) is 13.2 Å². The molecule has 0 unspecified atom stereocenters. The number of nitrogens with zero attached hydrogens (tertiary/aromatic N) is 2. The molecule has 3 aliphatic rings. The lowest BCUT2D eigenvalue weighted by Gasteiger charge is -2.28. The first-order valence-corrected chi connectivity index (χ1v) is 11.6. The molecule has 5 nitrogen and oxygen atoms in total. The second-order valence-electron chi connectivity index (χ2n) is 8.09. The van der Waals surface area contributed by atoms with E-state index in [1.54, 1.807) is 34.5 Å². The number of fused-ring (bicyclic) bond motifs is 2. The number of hydrogen-bond donors (Lipinski definition) is 0. The van der Waals surface area contributed by atoms with Gasteiger partial charge in [-0.25, -0.2) is 8.42 Å². The van der Waals surface area contributed by atoms with Gasteiger partial charge in [0, 0.05) is 31.3 Å². The molecule has 0 bridgehead atoms. The Morgan fingerprint density at radius 3 is 2.41 bits per heavy atom. The fourth-order valence-electron chi connectivity index (χ4n) is 4.78. The topological polar surface area (TPSA) is 57.7 Å². The molecule has 2 heterocycles. The van der Waals surface area contributed by atoms with E-state index in [1.165, 1.54) is 11.1 Å². The van der Waals surface area contributed by atoms with E-state index < -0.39 is 10.0 Å². The molecule has 1 fully saturated rings. The van der Waals surface area contributed by atoms with Crippen molar-refractivity contribution < 1.29 is 13.2 Å². The molecule has 5 rings (SSSR count). The van der Waals surface area contributed by atoms with Crippen LogP contribution in [0, 0.1) is 0 Å². The Labute approximate surface area is 171 Å². The smallest absolute Gasteiger partial charge is 0.258 e. The number of benzene rings is 2. The summed E-state index contributed by atoms with van der Waals surface area (Å²) in [6, 6.07) is 13.1. The first kappa shape index (κ1) is 18.6. The first-order valence-electron chi connectivity index (χ1n) is 10.2. The van der Waals surface area contributed by atoms with Crippen LogP contribution in [-0.4, -0.2) is 32.2 Å². The zero-order chi connectivity index (χ0) is 20.2. The largest absolute Gasteiger partial charge is 0.311 e. The number of rotatable bonds is 2. The summed E-state index contributed by atoms with van der Waals surface area (Å²) in [5, 5.41) is 0. The number of sulfonamides is 1. The predicted molar refractivity (Wildman–Crippen MR) is 113 cm³/mol. The van der Waals surface area contributed by atoms with Gasteiger partial charge in [0.05, 0.1) is 10.6 Å². The summed E-state index contributed by atoms with van der Waals surface area (Å²) in [7, 11) is -1.86. The van der Waals surface area contributed by atoms with Crippen molar-refractivity contribution >= 4 is 27.2 Å². The molecule has 1 aliphatic carbocycles. The van der Waals surface area contributed by atoms with Crippen LogP contribution in [0.4, 0.5) is 5.69 Å². The van der Waals surface area contributed by atoms with Crippen molar-refractivity contribution in [1.82, 2.24) is 4.31 Å². The number of carbonyl (C=O) groups excluding carboxylic acids is 1. The van der Waals surface area contributed by atoms with Gasteiger partial charge in [0.25, 0.3) is 5.91 Å². The number of amides is 1. The number of likely N-dealkylation sites (N-methyl/N-ethyl adjacent to an activating group) is 1. The Morgan fingerprint density at radius 2 is 1.66 bits per heavy atom. The molecule has 1 saturated carbocycles. The van der Waals surface area contributed by atoms with Gasteiger partial charge in [0.2, 0.25) is 10.0 Å². The molecule has 0 saturated heterocycles. The maximum atomic E-state index is 13.4. The second kappa shape index (κ2) is 6.82. The van der Waals surface area contributed by atoms with Crippen LogP contribution in [0.2, 0.25) is 0 Å². The predicted octanol–water partition coefficient (Wildman–Crippen LogP) is 3.74. The van der Waals surface area contributed by atoms with Crippen molar-refractivity contribution in [3.63, 3.8) is 0 Å². The van der Waals surface area contributed by atoms with Gasteiger partial charge in [-0.05, 0) is 61.4 Å². The van der Waals surface area contributed by atoms with Gasteiger partial charge in [-0.2, -0.15) is 4.31 Å². The Morgan fingerprint density at radius 1 is 0.931 bits per heavy atom. The Balaban J connectivity index is 1.55. The highest BCUT2D eigenvalue weighted by Crippen LogP contribution is 2.43. The molecule has 6 heteroatoms. The molecule has 1 amide bonds. The van der Waals surface area contributed by atoms with E-state index in [0.29, 0.717) is 13.1 Å². The lowest BCUT2D eigenvalue weighted by atomic mass is 10.00. The third kappa shape index (κ3) is 2.93. The maximum absolute atomic E-state index is 13.4. The van der Waals surface area contributed by atoms with Crippen molar-refractivity contribution in [1.29, 1.82) is 0 Å². The molecule has 150 valence electrons. The molecule has 2 aromatic carbocycles. The summed E-state index contributed by atoms with van der Waals surface area (Å²) in [5.41, 5.74) is 5.74. The molecule has 2 aromatic rings. The number of allylic oxidation sites excluding steroid dienone is 1. The van der Waals surface area contributed by atoms with Gasteiger partial charge in [-0.3, -0.25) is 4.79 Å². The molecule has 0 aromatic heterocycles. The summed E-state index contributed by atoms with van der Waals surface area (Å²) in [6.45, 7) is 0.867. The molecule has 2 aliphatic heterocycles. The van der Waals surface area contributed by atoms with Crippen molar-refractivity contribution in [3.8, 4) is 0 Å². The average molecular weight is 409 g/mol. The summed E-state index contributed by atoms with van der Waals surface area (Å²) < 4.78 is 28.4. The van der Waals surface area contributed by atoms with Crippen LogP contribution in [-0.2, 0) is 27.8 Å². The SMILES string of the molecule is CN1C(=O)C(=C2CCCC2)c2cc(S(=O)(=O)N3CCc4ccccc4C3)ccc21. The first-order chi connectivity index (χ1) is 14.0. The van der Waals surface area contributed by atoms with Crippen LogP contribution in [0.1, 0.15) is 42.4 Å². The average Bonchev–Trinajstić information content (AvgIpc) is 3.34. The highest BCUT2D eigenvalue weighted by atomic mass is 32.2. The number of carbonyl (C=O) groups is 1. The van der Waals surface area contributed by atoms with Crippen LogP contribution in [0.15, 0.2) is 52.9 Å². The Hall–Kier alpha value is -2.44. The van der Waals surface area contributed by atoms with E-state index >= 15 is 0 Å². The number of hydrogen-bond acceptors (Lipinski definition) is 3. The van der Waals surface area contributed by atoms with Gasteiger partial charge >= 0.3 is 0 Å². The highest BCUT2D eigenvalue weighted by molar-refractivity contribution is 7.89. The minimum atomic E-state index is -3.63. The van der Waals surface area contributed by atoms with E-state index in [4.69, 9.17) is 0 Å². The van der Waals surface area contributed by atoms with Gasteiger partial charge in [0.15, 0.2) is 0 Å². The van der Waals surface area contributed by atoms with E-state index in [-0.39, 0.29) is 10.8 Å². The molecule has 0 radical (unpaired) electrons. The molecule has 0 N–H and O–H groups in total. The fourth-order valence-corrected chi connectivity index (χ4v) is 6.22. The lowest BCUT2D eigenvalue weighted by molar-refractivity contribution is -0.112. The Bertz CT molecular complexity index is 1140. The maximum Gasteiger partial charge on any atom is 0.258 e. The fraction of sp³-hybridized carbons (Fsp3) is 0.348. The molecule has 29 heavy (non-hydrogen) atoms. The van der Waals surface area contributed by atoms with Gasteiger partial charge in [-0.15, -0.1) is 0 Å². The molecule has 0 spiro atoms. The summed E-state index contributed by atoms with van der Waals surface area (Å²) >= 11 is 0. The van der Waals surface area contributed by atoms with Crippen LogP contribution in [0.25, 0.3) is 5.57 Å². The second-order valence-corrected chi connectivity index (χ2v) is 10.0. The van der Waals surface area contributed by atoms with Crippen LogP contribution in [0.3, 0.4) is 0 Å². The summed E-state index contributed by atoms with van der Waals surface area (Å²) in [6.07, 6.45) is 4.76. The van der Waals surface area contributed by atoms with Crippen molar-refractivity contribution in [2.75, 3.05) is 18.5 Å². The molecule has 0 atom stereocenters. The monoisotopic (exact) mass is 408 g/mol.